The van der Waals surface area contributed by atoms with Gasteiger partial charge in [0, 0.05) is 11.2 Å². The fourth-order valence-corrected chi connectivity index (χ4v) is 1.60. The maximum absolute atomic E-state index is 8.87. The fraction of sp³-hybridized carbons (Fsp3) is 0.833. The number of ether oxygens (including phenoxy) is 1. The zero-order chi connectivity index (χ0) is 7.45. The molecule has 2 N–H and O–H groups in total. The molecule has 1 saturated heterocycles. The molecule has 0 spiro atoms. The Kier molecular flexibility index (Phi) is 2.97. The van der Waals surface area contributed by atoms with Gasteiger partial charge in [0.1, 0.15) is 5.94 Å². The largest absolute Gasteiger partial charge is 0.396 e. The summed E-state index contributed by atoms with van der Waals surface area (Å²) in [5, 5.41) is 17.7. The number of aliphatic hydroxyl groups excluding tert-OH is 2. The second-order valence-electron chi connectivity index (χ2n) is 2.53. The van der Waals surface area contributed by atoms with Gasteiger partial charge >= 0.3 is 0 Å². The summed E-state index contributed by atoms with van der Waals surface area (Å²) >= 11 is 1.48. The van der Waals surface area contributed by atoms with Crippen molar-refractivity contribution < 1.29 is 14.9 Å². The van der Waals surface area contributed by atoms with E-state index < -0.39 is 5.41 Å². The second kappa shape index (κ2) is 3.57. The molecule has 0 unspecified atom stereocenters. The lowest BCUT2D eigenvalue weighted by atomic mass is 9.94. The Bertz CT molecular complexity index is 95.2. The molecule has 1 rings (SSSR count). The minimum absolute atomic E-state index is 0.00958. The van der Waals surface area contributed by atoms with E-state index in [1.165, 1.54) is 11.8 Å². The third-order valence-corrected chi connectivity index (χ3v) is 2.64. The van der Waals surface area contributed by atoms with E-state index in [0.717, 1.165) is 5.75 Å². The smallest absolute Gasteiger partial charge is 0.138 e. The van der Waals surface area contributed by atoms with Gasteiger partial charge in [-0.25, -0.2) is 0 Å². The first-order chi connectivity index (χ1) is 4.83. The van der Waals surface area contributed by atoms with Gasteiger partial charge < -0.3 is 14.9 Å². The van der Waals surface area contributed by atoms with Gasteiger partial charge in [-0.05, 0) is 0 Å². The molecule has 1 heterocycles. The Morgan fingerprint density at radius 2 is 2.20 bits per heavy atom. The molecule has 10 heavy (non-hydrogen) atoms. The monoisotopic (exact) mass is 163 g/mol. The summed E-state index contributed by atoms with van der Waals surface area (Å²) in [6.45, 7) is 0.404. The average molecular weight is 163 g/mol. The lowest BCUT2D eigenvalue weighted by Crippen LogP contribution is -2.39. The van der Waals surface area contributed by atoms with E-state index in [1.54, 1.807) is 5.94 Å². The molecule has 1 aliphatic heterocycles. The predicted octanol–water partition coefficient (Wildman–Crippen LogP) is -0.160. The molecule has 0 aromatic carbocycles. The number of rotatable bonds is 2. The van der Waals surface area contributed by atoms with Crippen molar-refractivity contribution in [3.8, 4) is 0 Å². The van der Waals surface area contributed by atoms with Crippen LogP contribution in [0.15, 0.2) is 0 Å². The Morgan fingerprint density at radius 1 is 1.50 bits per heavy atom. The molecule has 0 atom stereocenters. The van der Waals surface area contributed by atoms with Gasteiger partial charge in [0.05, 0.1) is 19.8 Å². The topological polar surface area (TPSA) is 49.7 Å². The van der Waals surface area contributed by atoms with Crippen LogP contribution in [0, 0.1) is 11.4 Å². The molecule has 0 bridgehead atoms. The van der Waals surface area contributed by atoms with Crippen molar-refractivity contribution in [1.82, 2.24) is 0 Å². The molecule has 0 amide bonds. The molecule has 1 aliphatic rings. The van der Waals surface area contributed by atoms with Crippen molar-refractivity contribution >= 4 is 11.8 Å². The predicted molar refractivity (Wildman–Crippen MR) is 39.3 cm³/mol. The highest BCUT2D eigenvalue weighted by Gasteiger charge is 2.32. The van der Waals surface area contributed by atoms with Crippen LogP contribution in [0.25, 0.3) is 0 Å². The number of thioether (sulfide) groups is 1. The highest BCUT2D eigenvalue weighted by molar-refractivity contribution is 8.01. The maximum atomic E-state index is 8.87. The number of hydrogen-bond donors (Lipinski definition) is 2. The molecule has 3 nitrogen and oxygen atoms in total. The van der Waals surface area contributed by atoms with Crippen LogP contribution in [0.4, 0.5) is 0 Å². The molecule has 1 radical (unpaired) electrons. The van der Waals surface area contributed by atoms with Crippen molar-refractivity contribution in [2.75, 3.05) is 25.6 Å². The third kappa shape index (κ3) is 1.63. The van der Waals surface area contributed by atoms with Gasteiger partial charge in [-0.15, -0.1) is 11.8 Å². The van der Waals surface area contributed by atoms with E-state index >= 15 is 0 Å². The lowest BCUT2D eigenvalue weighted by Gasteiger charge is -2.32. The number of aliphatic hydroxyl groups is 2. The molecular weight excluding hydrogens is 152 g/mol. The molecule has 4 heteroatoms. The Balaban J connectivity index is 2.44. The summed E-state index contributed by atoms with van der Waals surface area (Å²) in [5.74, 6) is 2.38. The van der Waals surface area contributed by atoms with Crippen LogP contribution in [0.2, 0.25) is 0 Å². The Hall–Kier alpha value is 0.230. The fourth-order valence-electron chi connectivity index (χ4n) is 0.744. The molecule has 0 aromatic rings. The Labute approximate surface area is 64.4 Å². The lowest BCUT2D eigenvalue weighted by molar-refractivity contribution is 0.00681. The average Bonchev–Trinajstić information content (AvgIpc) is 2.06. The maximum Gasteiger partial charge on any atom is 0.138 e. The summed E-state index contributed by atoms with van der Waals surface area (Å²) in [7, 11) is 0. The quantitative estimate of drug-likeness (QED) is 0.594. The van der Waals surface area contributed by atoms with E-state index in [2.05, 4.69) is 0 Å². The van der Waals surface area contributed by atoms with Gasteiger partial charge in [-0.2, -0.15) is 0 Å². The van der Waals surface area contributed by atoms with Gasteiger partial charge in [0.2, 0.25) is 0 Å². The van der Waals surface area contributed by atoms with Crippen molar-refractivity contribution in [3.63, 3.8) is 0 Å². The molecule has 0 aromatic heterocycles. The van der Waals surface area contributed by atoms with Gasteiger partial charge in [0.25, 0.3) is 0 Å². The van der Waals surface area contributed by atoms with Crippen LogP contribution in [0.5, 0.6) is 0 Å². The number of hydrogen-bond acceptors (Lipinski definition) is 4. The van der Waals surface area contributed by atoms with Gasteiger partial charge in [-0.3, -0.25) is 0 Å². The van der Waals surface area contributed by atoms with Gasteiger partial charge in [0.15, 0.2) is 0 Å². The van der Waals surface area contributed by atoms with Crippen LogP contribution in [0.3, 0.4) is 0 Å². The molecule has 0 saturated carbocycles. The zero-order valence-electron chi connectivity index (χ0n) is 5.62. The second-order valence-corrected chi connectivity index (χ2v) is 3.35. The SMILES string of the molecule is OCC1(CO)CO[CH]SC1. The standard InChI is InChI=1S/C6H11O3S/c7-1-6(2-8)3-9-5-10-4-6/h5,7-8H,1-4H2. The van der Waals surface area contributed by atoms with E-state index in [1.807, 2.05) is 0 Å². The molecule has 1 fully saturated rings. The van der Waals surface area contributed by atoms with Gasteiger partial charge in [-0.1, -0.05) is 0 Å². The highest BCUT2D eigenvalue weighted by atomic mass is 32.2. The summed E-state index contributed by atoms with van der Waals surface area (Å²) in [4.78, 5) is 0. The van der Waals surface area contributed by atoms with E-state index in [-0.39, 0.29) is 13.2 Å². The molecule has 0 aliphatic carbocycles. The summed E-state index contributed by atoms with van der Waals surface area (Å²) in [6, 6.07) is 0. The van der Waals surface area contributed by atoms with E-state index in [0.29, 0.717) is 6.61 Å². The summed E-state index contributed by atoms with van der Waals surface area (Å²) in [6.07, 6.45) is 0. The highest BCUT2D eigenvalue weighted by Crippen LogP contribution is 2.29. The molecular formula is C6H11O3S. The minimum Gasteiger partial charge on any atom is -0.396 e. The van der Waals surface area contributed by atoms with Crippen molar-refractivity contribution in [3.05, 3.63) is 5.94 Å². The zero-order valence-corrected chi connectivity index (χ0v) is 6.43. The van der Waals surface area contributed by atoms with Crippen molar-refractivity contribution in [1.29, 1.82) is 0 Å². The van der Waals surface area contributed by atoms with Crippen LogP contribution in [-0.4, -0.2) is 35.8 Å². The molecule has 59 valence electrons. The van der Waals surface area contributed by atoms with Crippen LogP contribution in [0.1, 0.15) is 0 Å². The van der Waals surface area contributed by atoms with Crippen LogP contribution >= 0.6 is 11.8 Å². The van der Waals surface area contributed by atoms with E-state index in [9.17, 15) is 0 Å². The minimum atomic E-state index is -0.417. The van der Waals surface area contributed by atoms with Crippen molar-refractivity contribution in [2.45, 2.75) is 0 Å². The first-order valence-corrected chi connectivity index (χ1v) is 4.14. The first-order valence-electron chi connectivity index (χ1n) is 3.10. The first kappa shape index (κ1) is 8.33. The van der Waals surface area contributed by atoms with Crippen molar-refractivity contribution in [2.24, 2.45) is 5.41 Å². The van der Waals surface area contributed by atoms with Crippen LogP contribution in [-0.2, 0) is 4.74 Å². The summed E-state index contributed by atoms with van der Waals surface area (Å²) < 4.78 is 4.99. The normalized spacial score (nSPS) is 24.6. The summed E-state index contributed by atoms with van der Waals surface area (Å²) in [5.41, 5.74) is -0.417. The van der Waals surface area contributed by atoms with E-state index in [4.69, 9.17) is 14.9 Å². The third-order valence-electron chi connectivity index (χ3n) is 1.59. The van der Waals surface area contributed by atoms with Crippen LogP contribution < -0.4 is 0 Å². The Morgan fingerprint density at radius 3 is 2.50 bits per heavy atom.